The molecule has 0 aliphatic heterocycles. The van der Waals surface area contributed by atoms with Crippen LogP contribution in [0.1, 0.15) is 27.7 Å². The van der Waals surface area contributed by atoms with E-state index in [2.05, 4.69) is 17.1 Å². The highest BCUT2D eigenvalue weighted by atomic mass is 16.3. The van der Waals surface area contributed by atoms with Crippen LogP contribution < -0.4 is 10.2 Å². The first kappa shape index (κ1) is 17.3. The fraction of sp³-hybridized carbons (Fsp3) is 0.562. The maximum absolute atomic E-state index is 12.3. The highest BCUT2D eigenvalue weighted by molar-refractivity contribution is 5.90. The molecule has 2 amide bonds. The SMILES string of the molecule is CCN(C)c1cccc(NC(=O)N(CC(C)O)C(C)C)c1. The summed E-state index contributed by atoms with van der Waals surface area (Å²) in [4.78, 5) is 16.1. The molecule has 21 heavy (non-hydrogen) atoms. The van der Waals surface area contributed by atoms with Crippen LogP contribution in [-0.2, 0) is 0 Å². The Kier molecular flexibility index (Phi) is 6.49. The van der Waals surface area contributed by atoms with Gasteiger partial charge in [0.25, 0.3) is 0 Å². The van der Waals surface area contributed by atoms with Gasteiger partial charge in [-0.25, -0.2) is 4.79 Å². The van der Waals surface area contributed by atoms with E-state index < -0.39 is 6.10 Å². The van der Waals surface area contributed by atoms with E-state index in [1.54, 1.807) is 11.8 Å². The molecule has 0 saturated heterocycles. The minimum atomic E-state index is -0.546. The predicted octanol–water partition coefficient (Wildman–Crippen LogP) is 2.77. The lowest BCUT2D eigenvalue weighted by Gasteiger charge is -2.28. The zero-order valence-corrected chi connectivity index (χ0v) is 13.6. The van der Waals surface area contributed by atoms with Gasteiger partial charge in [0.15, 0.2) is 0 Å². The van der Waals surface area contributed by atoms with Crippen molar-refractivity contribution in [2.75, 3.05) is 30.4 Å². The number of nitrogens with zero attached hydrogens (tertiary/aromatic N) is 2. The van der Waals surface area contributed by atoms with Crippen molar-refractivity contribution in [2.24, 2.45) is 0 Å². The molecule has 0 aliphatic rings. The Morgan fingerprint density at radius 1 is 1.33 bits per heavy atom. The monoisotopic (exact) mass is 293 g/mol. The first-order valence-corrected chi connectivity index (χ1v) is 7.42. The van der Waals surface area contributed by atoms with Crippen LogP contribution >= 0.6 is 0 Å². The molecule has 118 valence electrons. The Balaban J connectivity index is 2.81. The van der Waals surface area contributed by atoms with Crippen molar-refractivity contribution in [1.82, 2.24) is 4.90 Å². The average molecular weight is 293 g/mol. The van der Waals surface area contributed by atoms with E-state index in [1.807, 2.05) is 45.2 Å². The maximum Gasteiger partial charge on any atom is 0.322 e. The Morgan fingerprint density at radius 3 is 2.52 bits per heavy atom. The van der Waals surface area contributed by atoms with Gasteiger partial charge in [-0.3, -0.25) is 0 Å². The molecule has 0 heterocycles. The van der Waals surface area contributed by atoms with Crippen molar-refractivity contribution in [3.63, 3.8) is 0 Å². The summed E-state index contributed by atoms with van der Waals surface area (Å²) in [6.45, 7) is 8.84. The molecule has 1 unspecified atom stereocenters. The number of hydrogen-bond acceptors (Lipinski definition) is 3. The Hall–Kier alpha value is -1.75. The predicted molar refractivity (Wildman–Crippen MR) is 87.9 cm³/mol. The topological polar surface area (TPSA) is 55.8 Å². The number of aliphatic hydroxyl groups is 1. The van der Waals surface area contributed by atoms with Gasteiger partial charge in [-0.1, -0.05) is 6.07 Å². The third kappa shape index (κ3) is 5.27. The van der Waals surface area contributed by atoms with Gasteiger partial charge in [0.2, 0.25) is 0 Å². The first-order chi connectivity index (χ1) is 9.85. The van der Waals surface area contributed by atoms with Gasteiger partial charge in [-0.05, 0) is 45.9 Å². The molecule has 2 N–H and O–H groups in total. The van der Waals surface area contributed by atoms with Crippen LogP contribution in [-0.4, -0.2) is 48.3 Å². The minimum absolute atomic E-state index is 0.0288. The fourth-order valence-corrected chi connectivity index (χ4v) is 2.01. The first-order valence-electron chi connectivity index (χ1n) is 7.42. The third-order valence-electron chi connectivity index (χ3n) is 3.36. The summed E-state index contributed by atoms with van der Waals surface area (Å²) in [5.41, 5.74) is 1.82. The standard InChI is InChI=1S/C16H27N3O2/c1-6-18(5)15-9-7-8-14(10-15)17-16(21)19(12(2)3)11-13(4)20/h7-10,12-13,20H,6,11H2,1-5H3,(H,17,21). The third-order valence-corrected chi connectivity index (χ3v) is 3.36. The number of carbonyl (C=O) groups is 1. The lowest BCUT2D eigenvalue weighted by Crippen LogP contribution is -2.43. The number of hydrogen-bond donors (Lipinski definition) is 2. The summed E-state index contributed by atoms with van der Waals surface area (Å²) < 4.78 is 0. The molecule has 0 saturated carbocycles. The van der Waals surface area contributed by atoms with Crippen LogP contribution in [0.5, 0.6) is 0 Å². The van der Waals surface area contributed by atoms with Gasteiger partial charge in [0.1, 0.15) is 0 Å². The number of benzene rings is 1. The quantitative estimate of drug-likeness (QED) is 0.848. The lowest BCUT2D eigenvalue weighted by molar-refractivity contribution is 0.125. The molecule has 0 spiro atoms. The van der Waals surface area contributed by atoms with E-state index in [9.17, 15) is 9.90 Å². The van der Waals surface area contributed by atoms with E-state index >= 15 is 0 Å². The fourth-order valence-electron chi connectivity index (χ4n) is 2.01. The second kappa shape index (κ2) is 7.88. The summed E-state index contributed by atoms with van der Waals surface area (Å²) >= 11 is 0. The van der Waals surface area contributed by atoms with Gasteiger partial charge in [-0.15, -0.1) is 0 Å². The van der Waals surface area contributed by atoms with Crippen LogP contribution in [0.15, 0.2) is 24.3 Å². The molecule has 0 radical (unpaired) electrons. The normalized spacial score (nSPS) is 12.1. The van der Waals surface area contributed by atoms with E-state index in [0.29, 0.717) is 6.54 Å². The van der Waals surface area contributed by atoms with Crippen molar-refractivity contribution in [1.29, 1.82) is 0 Å². The molecule has 1 atom stereocenters. The molecule has 5 nitrogen and oxygen atoms in total. The zero-order chi connectivity index (χ0) is 16.0. The summed E-state index contributed by atoms with van der Waals surface area (Å²) in [5, 5.41) is 12.4. The average Bonchev–Trinajstić information content (AvgIpc) is 2.43. The molecule has 0 aliphatic carbocycles. The molecule has 0 bridgehead atoms. The second-order valence-electron chi connectivity index (χ2n) is 5.59. The number of urea groups is 1. The van der Waals surface area contributed by atoms with E-state index in [-0.39, 0.29) is 12.1 Å². The van der Waals surface area contributed by atoms with Crippen LogP contribution in [0.25, 0.3) is 0 Å². The van der Waals surface area contributed by atoms with Gasteiger partial charge >= 0.3 is 6.03 Å². The van der Waals surface area contributed by atoms with Crippen LogP contribution in [0.2, 0.25) is 0 Å². The molecular formula is C16H27N3O2. The summed E-state index contributed by atoms with van der Waals surface area (Å²) in [5.74, 6) is 0. The highest BCUT2D eigenvalue weighted by Gasteiger charge is 2.18. The van der Waals surface area contributed by atoms with Crippen LogP contribution in [0, 0.1) is 0 Å². The van der Waals surface area contributed by atoms with Crippen molar-refractivity contribution >= 4 is 17.4 Å². The van der Waals surface area contributed by atoms with Gasteiger partial charge in [0, 0.05) is 37.6 Å². The second-order valence-corrected chi connectivity index (χ2v) is 5.59. The number of rotatable bonds is 6. The zero-order valence-electron chi connectivity index (χ0n) is 13.6. The number of amides is 2. The van der Waals surface area contributed by atoms with E-state index in [1.165, 1.54) is 0 Å². The van der Waals surface area contributed by atoms with Crippen molar-refractivity contribution < 1.29 is 9.90 Å². The molecule has 5 heteroatoms. The van der Waals surface area contributed by atoms with Crippen molar-refractivity contribution in [3.8, 4) is 0 Å². The highest BCUT2D eigenvalue weighted by Crippen LogP contribution is 2.19. The molecule has 1 aromatic rings. The van der Waals surface area contributed by atoms with E-state index in [0.717, 1.165) is 17.9 Å². The van der Waals surface area contributed by atoms with Gasteiger partial charge in [-0.2, -0.15) is 0 Å². The van der Waals surface area contributed by atoms with Crippen molar-refractivity contribution in [2.45, 2.75) is 39.8 Å². The summed E-state index contributed by atoms with van der Waals surface area (Å²) in [6, 6.07) is 7.58. The summed E-state index contributed by atoms with van der Waals surface area (Å²) in [7, 11) is 2.01. The molecule has 0 fully saturated rings. The number of anilines is 2. The Labute approximate surface area is 127 Å². The molecule has 1 rings (SSSR count). The van der Waals surface area contributed by atoms with Gasteiger partial charge < -0.3 is 20.2 Å². The molecular weight excluding hydrogens is 266 g/mol. The largest absolute Gasteiger partial charge is 0.392 e. The smallest absolute Gasteiger partial charge is 0.322 e. The molecule has 0 aromatic heterocycles. The van der Waals surface area contributed by atoms with Crippen LogP contribution in [0.4, 0.5) is 16.2 Å². The molecule has 1 aromatic carbocycles. The Morgan fingerprint density at radius 2 is 2.00 bits per heavy atom. The van der Waals surface area contributed by atoms with Crippen molar-refractivity contribution in [3.05, 3.63) is 24.3 Å². The Bertz CT molecular complexity index is 461. The number of carbonyl (C=O) groups excluding carboxylic acids is 1. The minimum Gasteiger partial charge on any atom is -0.392 e. The maximum atomic E-state index is 12.3. The van der Waals surface area contributed by atoms with Crippen LogP contribution in [0.3, 0.4) is 0 Å². The number of nitrogens with one attached hydrogen (secondary N) is 1. The lowest BCUT2D eigenvalue weighted by atomic mass is 10.2. The summed E-state index contributed by atoms with van der Waals surface area (Å²) in [6.07, 6.45) is -0.546. The van der Waals surface area contributed by atoms with Gasteiger partial charge in [0.05, 0.1) is 6.10 Å². The number of aliphatic hydroxyl groups excluding tert-OH is 1. The van der Waals surface area contributed by atoms with E-state index in [4.69, 9.17) is 0 Å².